The van der Waals surface area contributed by atoms with E-state index in [0.29, 0.717) is 28.1 Å². The molecule has 0 spiro atoms. The number of carbonyl (C=O) groups excluding carboxylic acids is 3. The predicted molar refractivity (Wildman–Crippen MR) is 127 cm³/mol. The predicted octanol–water partition coefficient (Wildman–Crippen LogP) is 5.61. The van der Waals surface area contributed by atoms with E-state index in [1.165, 1.54) is 24.3 Å². The van der Waals surface area contributed by atoms with Crippen LogP contribution in [0.5, 0.6) is 11.5 Å². The minimum atomic E-state index is -0.882. The Morgan fingerprint density at radius 3 is 2.47 bits per heavy atom. The lowest BCUT2D eigenvalue weighted by Gasteiger charge is -2.26. The number of rotatable bonds is 6. The van der Waals surface area contributed by atoms with Crippen LogP contribution in [0.1, 0.15) is 26.3 Å². The molecule has 0 aliphatic carbocycles. The highest BCUT2D eigenvalue weighted by atomic mass is 79.9. The molecule has 0 radical (unpaired) electrons. The molecule has 0 bridgehead atoms. The van der Waals surface area contributed by atoms with Crippen molar-refractivity contribution in [3.63, 3.8) is 0 Å². The summed E-state index contributed by atoms with van der Waals surface area (Å²) in [5.41, 5.74) is 0.443. The van der Waals surface area contributed by atoms with Crippen LogP contribution in [-0.2, 0) is 9.59 Å². The number of anilines is 1. The molecule has 2 aromatic carbocycles. The van der Waals surface area contributed by atoms with Crippen LogP contribution in [0, 0.1) is 0 Å². The summed E-state index contributed by atoms with van der Waals surface area (Å²) in [5, 5.41) is 2.60. The van der Waals surface area contributed by atoms with Gasteiger partial charge in [-0.05, 0) is 78.7 Å². The van der Waals surface area contributed by atoms with E-state index in [9.17, 15) is 14.4 Å². The summed E-state index contributed by atoms with van der Waals surface area (Å²) < 4.78 is 12.1. The van der Waals surface area contributed by atoms with E-state index in [1.54, 1.807) is 12.1 Å². The van der Waals surface area contributed by atoms with Crippen molar-refractivity contribution in [2.75, 3.05) is 11.5 Å². The Balaban J connectivity index is 2.04. The number of hydrogen-bond donors (Lipinski definition) is 1. The van der Waals surface area contributed by atoms with E-state index >= 15 is 0 Å². The van der Waals surface area contributed by atoms with Crippen molar-refractivity contribution in [3.05, 3.63) is 56.0 Å². The van der Waals surface area contributed by atoms with Gasteiger partial charge in [0.15, 0.2) is 11.5 Å². The number of halogens is 3. The summed E-state index contributed by atoms with van der Waals surface area (Å²) >= 11 is 15.4. The molecule has 168 valence electrons. The normalized spacial score (nSPS) is 15.4. The molecule has 3 rings (SSSR count). The van der Waals surface area contributed by atoms with Crippen molar-refractivity contribution in [3.8, 4) is 11.5 Å². The Bertz CT molecular complexity index is 1130. The van der Waals surface area contributed by atoms with Gasteiger partial charge in [0.25, 0.3) is 11.8 Å². The van der Waals surface area contributed by atoms with Gasteiger partial charge in [-0.2, -0.15) is 0 Å². The summed E-state index contributed by atoms with van der Waals surface area (Å²) in [4.78, 5) is 38.8. The molecule has 10 heteroatoms. The molecule has 0 atom stereocenters. The van der Waals surface area contributed by atoms with Gasteiger partial charge in [0, 0.05) is 0 Å². The third kappa shape index (κ3) is 5.09. The highest BCUT2D eigenvalue weighted by Crippen LogP contribution is 2.38. The average molecular weight is 542 g/mol. The smallest absolute Gasteiger partial charge is 0.335 e. The number of imide groups is 2. The molecule has 0 saturated carbocycles. The van der Waals surface area contributed by atoms with Gasteiger partial charge in [-0.3, -0.25) is 14.9 Å². The molecule has 1 aliphatic heterocycles. The van der Waals surface area contributed by atoms with Crippen LogP contribution in [0.25, 0.3) is 6.08 Å². The number of nitrogens with one attached hydrogen (secondary N) is 1. The van der Waals surface area contributed by atoms with Crippen LogP contribution in [-0.4, -0.2) is 30.6 Å². The largest absolute Gasteiger partial charge is 0.490 e. The summed E-state index contributed by atoms with van der Waals surface area (Å²) in [6, 6.07) is 6.75. The molecule has 1 heterocycles. The number of ether oxygens (including phenoxy) is 2. The maximum absolute atomic E-state index is 13.1. The maximum atomic E-state index is 13.1. The van der Waals surface area contributed by atoms with Crippen LogP contribution in [0.15, 0.2) is 40.4 Å². The first-order valence-electron chi connectivity index (χ1n) is 9.61. The summed E-state index contributed by atoms with van der Waals surface area (Å²) in [6.07, 6.45) is 1.28. The first-order chi connectivity index (χ1) is 15.1. The zero-order chi connectivity index (χ0) is 23.6. The van der Waals surface area contributed by atoms with Crippen molar-refractivity contribution in [1.29, 1.82) is 0 Å². The fraction of sp³-hybridized carbons (Fsp3) is 0.227. The monoisotopic (exact) mass is 540 g/mol. The number of carbonyl (C=O) groups is 3. The Morgan fingerprint density at radius 2 is 1.84 bits per heavy atom. The molecule has 1 fully saturated rings. The zero-order valence-corrected chi connectivity index (χ0v) is 20.5. The maximum Gasteiger partial charge on any atom is 0.335 e. The van der Waals surface area contributed by atoms with Gasteiger partial charge in [-0.15, -0.1) is 0 Å². The molecule has 1 saturated heterocycles. The molecule has 7 nitrogen and oxygen atoms in total. The van der Waals surface area contributed by atoms with Crippen LogP contribution in [0.4, 0.5) is 10.5 Å². The number of benzene rings is 2. The van der Waals surface area contributed by atoms with Gasteiger partial charge < -0.3 is 9.47 Å². The van der Waals surface area contributed by atoms with E-state index in [0.717, 1.165) is 4.90 Å². The molecule has 0 aromatic heterocycles. The summed E-state index contributed by atoms with van der Waals surface area (Å²) in [7, 11) is 0. The molecule has 2 aromatic rings. The highest BCUT2D eigenvalue weighted by Gasteiger charge is 2.37. The second-order valence-electron chi connectivity index (χ2n) is 6.99. The second kappa shape index (κ2) is 9.94. The number of barbiturate groups is 1. The quantitative estimate of drug-likeness (QED) is 0.379. The van der Waals surface area contributed by atoms with Gasteiger partial charge in [0.2, 0.25) is 0 Å². The lowest BCUT2D eigenvalue weighted by molar-refractivity contribution is -0.122. The number of urea groups is 1. The number of amides is 4. The van der Waals surface area contributed by atoms with Crippen molar-refractivity contribution < 1.29 is 23.9 Å². The molecular formula is C22H19BrCl2N2O5. The van der Waals surface area contributed by atoms with Crippen molar-refractivity contribution in [2.45, 2.75) is 26.9 Å². The lowest BCUT2D eigenvalue weighted by atomic mass is 10.1. The Kier molecular flexibility index (Phi) is 7.48. The minimum absolute atomic E-state index is 0.0915. The van der Waals surface area contributed by atoms with E-state index in [2.05, 4.69) is 21.2 Å². The van der Waals surface area contributed by atoms with Crippen LogP contribution in [0.2, 0.25) is 10.0 Å². The van der Waals surface area contributed by atoms with Gasteiger partial charge in [0.05, 0.1) is 32.9 Å². The van der Waals surface area contributed by atoms with Crippen molar-refractivity contribution in [1.82, 2.24) is 5.32 Å². The molecule has 32 heavy (non-hydrogen) atoms. The van der Waals surface area contributed by atoms with Crippen molar-refractivity contribution in [2.24, 2.45) is 0 Å². The van der Waals surface area contributed by atoms with E-state index in [4.69, 9.17) is 32.7 Å². The van der Waals surface area contributed by atoms with Crippen LogP contribution in [0.3, 0.4) is 0 Å². The third-order valence-corrected chi connectivity index (χ3v) is 5.59. The van der Waals surface area contributed by atoms with Gasteiger partial charge >= 0.3 is 6.03 Å². The number of nitrogens with zero attached hydrogens (tertiary/aromatic N) is 1. The first kappa shape index (κ1) is 24.1. The molecule has 0 unspecified atom stereocenters. The summed E-state index contributed by atoms with van der Waals surface area (Å²) in [6.45, 7) is 5.99. The molecule has 1 N–H and O–H groups in total. The van der Waals surface area contributed by atoms with Gasteiger partial charge in [0.1, 0.15) is 5.57 Å². The minimum Gasteiger partial charge on any atom is -0.490 e. The van der Waals surface area contributed by atoms with Gasteiger partial charge in [-0.25, -0.2) is 9.69 Å². The molecule has 1 aliphatic rings. The summed E-state index contributed by atoms with van der Waals surface area (Å²) in [5.74, 6) is -0.652. The van der Waals surface area contributed by atoms with Crippen LogP contribution >= 0.6 is 39.1 Å². The van der Waals surface area contributed by atoms with Crippen LogP contribution < -0.4 is 19.7 Å². The standard InChI is InChI=1S/C22H19BrCl2N2O5/c1-4-31-18-9-12(8-15(23)19(18)32-11(2)3)7-14-20(28)26-22(30)27(21(14)29)13-5-6-16(24)17(25)10-13/h5-11H,4H2,1-3H3,(H,26,28,30)/b14-7+. The second-order valence-corrected chi connectivity index (χ2v) is 8.65. The topological polar surface area (TPSA) is 84.9 Å². The molecule has 4 amide bonds. The average Bonchev–Trinajstić information content (AvgIpc) is 2.70. The Morgan fingerprint density at radius 1 is 1.12 bits per heavy atom. The zero-order valence-electron chi connectivity index (χ0n) is 17.4. The fourth-order valence-electron chi connectivity index (χ4n) is 2.97. The lowest BCUT2D eigenvalue weighted by Crippen LogP contribution is -2.54. The Hall–Kier alpha value is -2.55. The SMILES string of the molecule is CCOc1cc(/C=C2\C(=O)NC(=O)N(c3ccc(Cl)c(Cl)c3)C2=O)cc(Br)c1OC(C)C. The first-order valence-corrected chi connectivity index (χ1v) is 11.2. The number of hydrogen-bond acceptors (Lipinski definition) is 5. The van der Waals surface area contributed by atoms with E-state index in [1.807, 2.05) is 20.8 Å². The van der Waals surface area contributed by atoms with Gasteiger partial charge in [-0.1, -0.05) is 23.2 Å². The van der Waals surface area contributed by atoms with Crippen molar-refractivity contribution >= 4 is 68.7 Å². The Labute approximate surface area is 203 Å². The van der Waals surface area contributed by atoms with E-state index < -0.39 is 17.8 Å². The third-order valence-electron chi connectivity index (χ3n) is 4.26. The highest BCUT2D eigenvalue weighted by molar-refractivity contribution is 9.10. The fourth-order valence-corrected chi connectivity index (χ4v) is 3.81. The van der Waals surface area contributed by atoms with E-state index in [-0.39, 0.29) is 27.4 Å². The molecular weight excluding hydrogens is 523 g/mol.